The first-order valence-corrected chi connectivity index (χ1v) is 5.83. The highest BCUT2D eigenvalue weighted by molar-refractivity contribution is 14.1. The van der Waals surface area contributed by atoms with E-state index in [1.807, 2.05) is 12.1 Å². The molecule has 4 heteroatoms. The van der Waals surface area contributed by atoms with E-state index in [2.05, 4.69) is 44.7 Å². The van der Waals surface area contributed by atoms with Crippen molar-refractivity contribution in [3.63, 3.8) is 0 Å². The average Bonchev–Trinajstić information content (AvgIpc) is 2.23. The number of fused-ring (bicyclic) bond motifs is 1. The van der Waals surface area contributed by atoms with Gasteiger partial charge in [0, 0.05) is 8.84 Å². The lowest BCUT2D eigenvalue weighted by atomic mass is 9.88. The summed E-state index contributed by atoms with van der Waals surface area (Å²) in [4.78, 5) is 2.93. The van der Waals surface area contributed by atoms with Crippen molar-refractivity contribution in [3.05, 3.63) is 45.8 Å². The van der Waals surface area contributed by atoms with Crippen molar-refractivity contribution in [1.82, 2.24) is 0 Å². The Hall–Kier alpha value is -0.740. The number of benzene rings is 1. The van der Waals surface area contributed by atoms with Gasteiger partial charge in [-0.3, -0.25) is 0 Å². The van der Waals surface area contributed by atoms with Crippen molar-refractivity contribution >= 4 is 22.6 Å². The lowest BCUT2D eigenvalue weighted by molar-refractivity contribution is 0.602. The van der Waals surface area contributed by atoms with E-state index in [0.717, 1.165) is 12.8 Å². The zero-order chi connectivity index (χ0) is 9.97. The first kappa shape index (κ1) is 9.80. The number of halogens is 1. The molecular weight excluding hydrogens is 289 g/mol. The molecule has 0 amide bonds. The summed E-state index contributed by atoms with van der Waals surface area (Å²) in [7, 11) is 0. The van der Waals surface area contributed by atoms with Gasteiger partial charge in [0.1, 0.15) is 0 Å². The van der Waals surface area contributed by atoms with Crippen LogP contribution >= 0.6 is 22.6 Å². The van der Waals surface area contributed by atoms with Gasteiger partial charge in [-0.1, -0.05) is 52.0 Å². The number of aryl methyl sites for hydroxylation is 1. The maximum absolute atomic E-state index is 8.52. The van der Waals surface area contributed by atoms with E-state index < -0.39 is 0 Å². The lowest BCUT2D eigenvalue weighted by Crippen LogP contribution is -2.18. The molecule has 0 saturated heterocycles. The number of hydrogen-bond donors (Lipinski definition) is 0. The summed E-state index contributed by atoms with van der Waals surface area (Å²) >= 11 is 2.37. The van der Waals surface area contributed by atoms with E-state index in [1.54, 1.807) is 0 Å². The summed E-state index contributed by atoms with van der Waals surface area (Å²) in [6, 6.07) is 8.26. The molecule has 0 aliphatic heterocycles. The maximum atomic E-state index is 8.52. The van der Waals surface area contributed by atoms with Gasteiger partial charge in [-0.2, -0.15) is 0 Å². The molecule has 0 heterocycles. The molecule has 2 rings (SSSR count). The molecule has 0 unspecified atom stereocenters. The number of azide groups is 1. The Morgan fingerprint density at radius 3 is 3.00 bits per heavy atom. The molecule has 72 valence electrons. The third kappa shape index (κ3) is 1.72. The minimum Gasteiger partial charge on any atom is -0.0848 e. The van der Waals surface area contributed by atoms with Gasteiger partial charge in [0.25, 0.3) is 0 Å². The highest BCUT2D eigenvalue weighted by atomic mass is 127. The van der Waals surface area contributed by atoms with E-state index in [4.69, 9.17) is 5.53 Å². The lowest BCUT2D eigenvalue weighted by Gasteiger charge is -2.26. The molecule has 1 aliphatic rings. The van der Waals surface area contributed by atoms with E-state index >= 15 is 0 Å². The van der Waals surface area contributed by atoms with Gasteiger partial charge >= 0.3 is 0 Å². The smallest absolute Gasteiger partial charge is 0.0745 e. The Kier molecular flexibility index (Phi) is 2.93. The third-order valence-electron chi connectivity index (χ3n) is 2.58. The fourth-order valence-electron chi connectivity index (χ4n) is 1.89. The maximum Gasteiger partial charge on any atom is 0.0745 e. The van der Waals surface area contributed by atoms with E-state index in [9.17, 15) is 0 Å². The SMILES string of the molecule is [N-]=[N+]=N[C@@H]1c2ccccc2CC[C@@H]1I. The van der Waals surface area contributed by atoms with Gasteiger partial charge in [-0.25, -0.2) is 0 Å². The molecular formula is C10H10IN3. The van der Waals surface area contributed by atoms with Crippen molar-refractivity contribution in [3.8, 4) is 0 Å². The summed E-state index contributed by atoms with van der Waals surface area (Å²) in [6.45, 7) is 0. The van der Waals surface area contributed by atoms with Crippen LogP contribution in [0.5, 0.6) is 0 Å². The summed E-state index contributed by atoms with van der Waals surface area (Å²) in [5, 5.41) is 3.88. The predicted octanol–water partition coefficient (Wildman–Crippen LogP) is 3.79. The highest BCUT2D eigenvalue weighted by Crippen LogP contribution is 2.37. The number of alkyl halides is 1. The van der Waals surface area contributed by atoms with Crippen LogP contribution in [0.1, 0.15) is 23.6 Å². The summed E-state index contributed by atoms with van der Waals surface area (Å²) < 4.78 is 0.429. The highest BCUT2D eigenvalue weighted by Gasteiger charge is 2.26. The largest absolute Gasteiger partial charge is 0.0848 e. The van der Waals surface area contributed by atoms with Crippen LogP contribution in [0.15, 0.2) is 29.4 Å². The molecule has 14 heavy (non-hydrogen) atoms. The molecule has 0 radical (unpaired) electrons. The van der Waals surface area contributed by atoms with Crippen LogP contribution in [0.3, 0.4) is 0 Å². The zero-order valence-corrected chi connectivity index (χ0v) is 9.76. The van der Waals surface area contributed by atoms with Crippen molar-refractivity contribution in [2.45, 2.75) is 22.8 Å². The second-order valence-electron chi connectivity index (χ2n) is 3.40. The number of hydrogen-bond acceptors (Lipinski definition) is 1. The fraction of sp³-hybridized carbons (Fsp3) is 0.400. The molecule has 0 spiro atoms. The summed E-state index contributed by atoms with van der Waals surface area (Å²) in [6.07, 6.45) is 2.20. The topological polar surface area (TPSA) is 48.8 Å². The summed E-state index contributed by atoms with van der Waals surface area (Å²) in [5.74, 6) is 0. The Balaban J connectivity index is 2.45. The minimum atomic E-state index is 0.0190. The van der Waals surface area contributed by atoms with Gasteiger partial charge in [0.2, 0.25) is 0 Å². The zero-order valence-electron chi connectivity index (χ0n) is 7.60. The first-order chi connectivity index (χ1) is 6.83. The monoisotopic (exact) mass is 299 g/mol. The number of rotatable bonds is 1. The second kappa shape index (κ2) is 4.19. The Bertz CT molecular complexity index is 385. The van der Waals surface area contributed by atoms with Crippen LogP contribution in [0.2, 0.25) is 0 Å². The summed E-state index contributed by atoms with van der Waals surface area (Å²) in [5.41, 5.74) is 11.1. The van der Waals surface area contributed by atoms with Crippen molar-refractivity contribution in [2.24, 2.45) is 5.11 Å². The minimum absolute atomic E-state index is 0.0190. The van der Waals surface area contributed by atoms with E-state index in [-0.39, 0.29) is 6.04 Å². The standard InChI is InChI=1S/C10H10IN3/c11-9-6-5-7-3-1-2-4-8(7)10(9)13-14-12/h1-4,9-10H,5-6H2/t9-,10+/m0/s1. The van der Waals surface area contributed by atoms with Gasteiger partial charge in [0.05, 0.1) is 6.04 Å². The first-order valence-electron chi connectivity index (χ1n) is 4.59. The van der Waals surface area contributed by atoms with Crippen LogP contribution in [0.4, 0.5) is 0 Å². The van der Waals surface area contributed by atoms with Crippen molar-refractivity contribution in [2.75, 3.05) is 0 Å². The van der Waals surface area contributed by atoms with Crippen LogP contribution in [0, 0.1) is 0 Å². The molecule has 3 nitrogen and oxygen atoms in total. The Labute approximate surface area is 96.3 Å². The quantitative estimate of drug-likeness (QED) is 0.249. The predicted molar refractivity (Wildman–Crippen MR) is 64.5 cm³/mol. The Morgan fingerprint density at radius 2 is 2.21 bits per heavy atom. The molecule has 1 aromatic carbocycles. The number of nitrogens with zero attached hydrogens (tertiary/aromatic N) is 3. The van der Waals surface area contributed by atoms with Crippen molar-refractivity contribution < 1.29 is 0 Å². The molecule has 0 saturated carbocycles. The molecule has 2 atom stereocenters. The second-order valence-corrected chi connectivity index (χ2v) is 5.00. The van der Waals surface area contributed by atoms with E-state index in [0.29, 0.717) is 3.92 Å². The molecule has 1 aromatic rings. The molecule has 1 aliphatic carbocycles. The van der Waals surface area contributed by atoms with Crippen LogP contribution < -0.4 is 0 Å². The van der Waals surface area contributed by atoms with Gasteiger partial charge in [-0.05, 0) is 29.5 Å². The van der Waals surface area contributed by atoms with Gasteiger partial charge < -0.3 is 0 Å². The van der Waals surface area contributed by atoms with Crippen molar-refractivity contribution in [1.29, 1.82) is 0 Å². The Morgan fingerprint density at radius 1 is 1.43 bits per heavy atom. The average molecular weight is 299 g/mol. The normalized spacial score (nSPS) is 24.9. The van der Waals surface area contributed by atoms with Crippen LogP contribution in [-0.2, 0) is 6.42 Å². The van der Waals surface area contributed by atoms with Crippen LogP contribution in [0.25, 0.3) is 10.4 Å². The van der Waals surface area contributed by atoms with Gasteiger partial charge in [0.15, 0.2) is 0 Å². The molecule has 0 fully saturated rings. The fourth-order valence-corrected chi connectivity index (χ4v) is 2.73. The third-order valence-corrected chi connectivity index (χ3v) is 3.89. The van der Waals surface area contributed by atoms with Crippen LogP contribution in [-0.4, -0.2) is 3.92 Å². The van der Waals surface area contributed by atoms with E-state index in [1.165, 1.54) is 11.1 Å². The molecule has 0 bridgehead atoms. The van der Waals surface area contributed by atoms with Gasteiger partial charge in [-0.15, -0.1) is 0 Å². The molecule has 0 N–H and O–H groups in total. The molecule has 0 aromatic heterocycles.